The van der Waals surface area contributed by atoms with Crippen LogP contribution in [0.15, 0.2) is 48.5 Å². The molecule has 2 N–H and O–H groups in total. The highest BCUT2D eigenvalue weighted by molar-refractivity contribution is 5.31. The predicted octanol–water partition coefficient (Wildman–Crippen LogP) is 4.83. The maximum Gasteiger partial charge on any atom is 0.416 e. The lowest BCUT2D eigenvalue weighted by Gasteiger charge is -2.36. The van der Waals surface area contributed by atoms with Crippen LogP contribution in [0.3, 0.4) is 0 Å². The fourth-order valence-corrected chi connectivity index (χ4v) is 4.77. The molecule has 0 radical (unpaired) electrons. The first-order valence-corrected chi connectivity index (χ1v) is 10.7. The first-order valence-electron chi connectivity index (χ1n) is 10.7. The minimum atomic E-state index is -4.28. The van der Waals surface area contributed by atoms with Crippen LogP contribution < -0.4 is 5.32 Å². The van der Waals surface area contributed by atoms with E-state index in [0.717, 1.165) is 50.0 Å². The number of halogens is 3. The van der Waals surface area contributed by atoms with Crippen molar-refractivity contribution in [2.45, 2.75) is 49.9 Å². The first-order chi connectivity index (χ1) is 14.3. The second kappa shape index (κ2) is 8.33. The third kappa shape index (κ3) is 4.41. The van der Waals surface area contributed by atoms with E-state index in [1.54, 1.807) is 12.1 Å². The Labute approximate surface area is 175 Å². The van der Waals surface area contributed by atoms with Crippen molar-refractivity contribution >= 4 is 0 Å². The molecule has 2 atom stereocenters. The van der Waals surface area contributed by atoms with Crippen molar-refractivity contribution in [3.05, 3.63) is 70.8 Å². The highest BCUT2D eigenvalue weighted by atomic mass is 19.4. The fourth-order valence-electron chi connectivity index (χ4n) is 4.77. The van der Waals surface area contributed by atoms with Gasteiger partial charge in [-0.15, -0.1) is 0 Å². The molecule has 6 heteroatoms. The van der Waals surface area contributed by atoms with Gasteiger partial charge in [0.2, 0.25) is 0 Å². The number of alkyl halides is 3. The van der Waals surface area contributed by atoms with Gasteiger partial charge in [-0.05, 0) is 80.6 Å². The van der Waals surface area contributed by atoms with Crippen LogP contribution in [-0.2, 0) is 11.8 Å². The van der Waals surface area contributed by atoms with Gasteiger partial charge in [-0.3, -0.25) is 4.90 Å². The van der Waals surface area contributed by atoms with Crippen LogP contribution in [0.25, 0.3) is 0 Å². The lowest BCUT2D eigenvalue weighted by atomic mass is 9.87. The van der Waals surface area contributed by atoms with Crippen LogP contribution in [0.5, 0.6) is 0 Å². The van der Waals surface area contributed by atoms with Gasteiger partial charge in [0.15, 0.2) is 0 Å². The molecule has 2 aromatic rings. The van der Waals surface area contributed by atoms with Crippen molar-refractivity contribution in [3.8, 4) is 0 Å². The molecule has 2 unspecified atom stereocenters. The maximum atomic E-state index is 12.8. The van der Waals surface area contributed by atoms with E-state index in [2.05, 4.69) is 29.3 Å². The summed E-state index contributed by atoms with van der Waals surface area (Å²) in [5.41, 5.74) is 1.84. The second-order valence-corrected chi connectivity index (χ2v) is 8.69. The molecular weight excluding hydrogens is 389 g/mol. The molecule has 3 nitrogen and oxygen atoms in total. The van der Waals surface area contributed by atoms with Crippen molar-refractivity contribution in [2.24, 2.45) is 0 Å². The van der Waals surface area contributed by atoms with Crippen molar-refractivity contribution in [3.63, 3.8) is 0 Å². The second-order valence-electron chi connectivity index (χ2n) is 8.69. The largest absolute Gasteiger partial charge is 0.416 e. The molecular formula is C24H29F3N2O. The van der Waals surface area contributed by atoms with Gasteiger partial charge >= 0.3 is 6.18 Å². The van der Waals surface area contributed by atoms with Gasteiger partial charge in [-0.1, -0.05) is 36.4 Å². The van der Waals surface area contributed by atoms with Crippen molar-refractivity contribution in [1.82, 2.24) is 10.2 Å². The van der Waals surface area contributed by atoms with Gasteiger partial charge in [0.25, 0.3) is 0 Å². The summed E-state index contributed by atoms with van der Waals surface area (Å²) < 4.78 is 38.3. The molecule has 2 heterocycles. The van der Waals surface area contributed by atoms with Crippen LogP contribution >= 0.6 is 0 Å². The summed E-state index contributed by atoms with van der Waals surface area (Å²) in [7, 11) is 0. The highest BCUT2D eigenvalue weighted by Gasteiger charge is 2.33. The standard InChI is InChI=1S/C24H29F3N2O/c1-17(18-2-6-21(7-3-18)23(30)12-13-28-16-23)29-14-10-20(11-15-29)19-4-8-22(9-5-19)24(25,26)27/h2-9,17,20,28,30H,10-16H2,1H3. The molecule has 30 heavy (non-hydrogen) atoms. The van der Waals surface area contributed by atoms with Gasteiger partial charge in [-0.25, -0.2) is 0 Å². The lowest BCUT2D eigenvalue weighted by molar-refractivity contribution is -0.137. The van der Waals surface area contributed by atoms with E-state index in [-0.39, 0.29) is 6.04 Å². The van der Waals surface area contributed by atoms with E-state index in [9.17, 15) is 18.3 Å². The number of nitrogens with one attached hydrogen (secondary N) is 1. The number of nitrogens with zero attached hydrogens (tertiary/aromatic N) is 1. The third-order valence-electron chi connectivity index (χ3n) is 6.85. The van der Waals surface area contributed by atoms with E-state index in [4.69, 9.17) is 0 Å². The molecule has 2 aromatic carbocycles. The fraction of sp³-hybridized carbons (Fsp3) is 0.500. The summed E-state index contributed by atoms with van der Waals surface area (Å²) >= 11 is 0. The number of β-amino-alcohol motifs (C(OH)–C–C–N with tert-alkyl or cyclic N) is 1. The number of aliphatic hydroxyl groups is 1. The topological polar surface area (TPSA) is 35.5 Å². The minimum absolute atomic E-state index is 0.268. The molecule has 2 aliphatic rings. The van der Waals surface area contributed by atoms with Crippen molar-refractivity contribution in [2.75, 3.05) is 26.2 Å². The quantitative estimate of drug-likeness (QED) is 0.747. The zero-order chi connectivity index (χ0) is 21.4. The van der Waals surface area contributed by atoms with E-state index in [1.807, 2.05) is 12.1 Å². The molecule has 4 rings (SSSR count). The predicted molar refractivity (Wildman–Crippen MR) is 111 cm³/mol. The van der Waals surface area contributed by atoms with Gasteiger partial charge in [0.1, 0.15) is 5.60 Å². The van der Waals surface area contributed by atoms with E-state index in [1.165, 1.54) is 17.7 Å². The summed E-state index contributed by atoms with van der Waals surface area (Å²) in [6.07, 6.45) is -1.66. The molecule has 0 saturated carbocycles. The van der Waals surface area contributed by atoms with Crippen LogP contribution in [0.2, 0.25) is 0 Å². The Morgan fingerprint density at radius 1 is 1.03 bits per heavy atom. The number of likely N-dealkylation sites (tertiary alicyclic amines) is 1. The Kier molecular flexibility index (Phi) is 5.93. The monoisotopic (exact) mass is 418 g/mol. The number of hydrogen-bond donors (Lipinski definition) is 2. The average molecular weight is 419 g/mol. The van der Waals surface area contributed by atoms with Crippen molar-refractivity contribution < 1.29 is 18.3 Å². The van der Waals surface area contributed by atoms with Crippen molar-refractivity contribution in [1.29, 1.82) is 0 Å². The Hall–Kier alpha value is -1.89. The van der Waals surface area contributed by atoms with Gasteiger partial charge < -0.3 is 10.4 Å². The van der Waals surface area contributed by atoms with Crippen LogP contribution in [-0.4, -0.2) is 36.2 Å². The Balaban J connectivity index is 1.35. The normalized spacial score (nSPS) is 24.8. The molecule has 162 valence electrons. The Morgan fingerprint density at radius 2 is 1.67 bits per heavy atom. The summed E-state index contributed by atoms with van der Waals surface area (Å²) in [6.45, 7) is 5.46. The van der Waals surface area contributed by atoms with Gasteiger partial charge in [-0.2, -0.15) is 13.2 Å². The number of piperidine rings is 1. The number of rotatable bonds is 4. The number of benzene rings is 2. The first kappa shape index (κ1) is 21.3. The molecule has 0 aromatic heterocycles. The smallest absolute Gasteiger partial charge is 0.384 e. The van der Waals surface area contributed by atoms with Crippen LogP contribution in [0.1, 0.15) is 60.4 Å². The number of hydrogen-bond acceptors (Lipinski definition) is 3. The summed E-state index contributed by atoms with van der Waals surface area (Å²) in [4.78, 5) is 2.43. The SMILES string of the molecule is CC(c1ccc(C2(O)CCNC2)cc1)N1CCC(c2ccc(C(F)(F)F)cc2)CC1. The zero-order valence-electron chi connectivity index (χ0n) is 17.3. The van der Waals surface area contributed by atoms with Gasteiger partial charge in [0, 0.05) is 12.6 Å². The van der Waals surface area contributed by atoms with E-state index >= 15 is 0 Å². The summed E-state index contributed by atoms with van der Waals surface area (Å²) in [5, 5.41) is 13.9. The molecule has 0 amide bonds. The highest BCUT2D eigenvalue weighted by Crippen LogP contribution is 2.35. The lowest BCUT2D eigenvalue weighted by Crippen LogP contribution is -2.35. The molecule has 2 saturated heterocycles. The Bertz CT molecular complexity index is 834. The molecule has 0 aliphatic carbocycles. The summed E-state index contributed by atoms with van der Waals surface area (Å²) in [5.74, 6) is 0.308. The van der Waals surface area contributed by atoms with E-state index in [0.29, 0.717) is 12.5 Å². The minimum Gasteiger partial charge on any atom is -0.384 e. The van der Waals surface area contributed by atoms with E-state index < -0.39 is 17.3 Å². The van der Waals surface area contributed by atoms with Crippen LogP contribution in [0, 0.1) is 0 Å². The molecule has 0 spiro atoms. The molecule has 2 aliphatic heterocycles. The molecule has 2 fully saturated rings. The maximum absolute atomic E-state index is 12.8. The Morgan fingerprint density at radius 3 is 2.20 bits per heavy atom. The van der Waals surface area contributed by atoms with Crippen LogP contribution in [0.4, 0.5) is 13.2 Å². The summed E-state index contributed by atoms with van der Waals surface area (Å²) in [6, 6.07) is 14.2. The average Bonchev–Trinajstić information content (AvgIpc) is 3.21. The van der Waals surface area contributed by atoms with Gasteiger partial charge in [0.05, 0.1) is 5.56 Å². The zero-order valence-corrected chi connectivity index (χ0v) is 17.3. The molecule has 0 bridgehead atoms. The third-order valence-corrected chi connectivity index (χ3v) is 6.85.